The summed E-state index contributed by atoms with van der Waals surface area (Å²) in [4.78, 5) is 13.1. The lowest BCUT2D eigenvalue weighted by molar-refractivity contribution is -0.121. The van der Waals surface area contributed by atoms with E-state index in [1.807, 2.05) is 78.9 Å². The van der Waals surface area contributed by atoms with Crippen LogP contribution in [-0.2, 0) is 4.79 Å². The molecule has 2 heterocycles. The molecule has 1 unspecified atom stereocenters. The largest absolute Gasteiger partial charge is 0.458 e. The van der Waals surface area contributed by atoms with Gasteiger partial charge in [-0.1, -0.05) is 54.6 Å². The number of aliphatic hydroxyl groups excluding tert-OH is 1. The molecule has 0 aliphatic carbocycles. The lowest BCUT2D eigenvalue weighted by Gasteiger charge is -2.27. The van der Waals surface area contributed by atoms with Gasteiger partial charge < -0.3 is 19.6 Å². The maximum absolute atomic E-state index is 13.1. The molecular formula is C25H21NO4. The quantitative estimate of drug-likeness (QED) is 0.500. The van der Waals surface area contributed by atoms with Gasteiger partial charge in [-0.25, -0.2) is 0 Å². The Labute approximate surface area is 173 Å². The summed E-state index contributed by atoms with van der Waals surface area (Å²) in [5.41, 5.74) is 2.42. The summed E-state index contributed by atoms with van der Waals surface area (Å²) in [6, 6.07) is 24.6. The zero-order valence-corrected chi connectivity index (χ0v) is 16.2. The van der Waals surface area contributed by atoms with Gasteiger partial charge in [0.05, 0.1) is 5.92 Å². The average Bonchev–Trinajstić information content (AvgIpc) is 3.21. The molecule has 3 aromatic carbocycles. The molecule has 30 heavy (non-hydrogen) atoms. The number of fused-ring (bicyclic) bond motifs is 3. The Kier molecular flexibility index (Phi) is 4.73. The van der Waals surface area contributed by atoms with Crippen LogP contribution in [-0.4, -0.2) is 17.6 Å². The number of hydrogen-bond donors (Lipinski definition) is 2. The predicted molar refractivity (Wildman–Crippen MR) is 114 cm³/mol. The molecule has 0 saturated heterocycles. The summed E-state index contributed by atoms with van der Waals surface area (Å²) in [6.45, 7) is 0.332. The minimum absolute atomic E-state index is 0.116. The van der Waals surface area contributed by atoms with Gasteiger partial charge in [-0.15, -0.1) is 0 Å². The second-order valence-corrected chi connectivity index (χ2v) is 7.39. The van der Waals surface area contributed by atoms with Crippen LogP contribution in [0.2, 0.25) is 0 Å². The third kappa shape index (κ3) is 3.33. The molecule has 1 amide bonds. The first-order chi connectivity index (χ1) is 14.7. The lowest BCUT2D eigenvalue weighted by atomic mass is 9.87. The van der Waals surface area contributed by atoms with E-state index in [1.54, 1.807) is 0 Å². The van der Waals surface area contributed by atoms with E-state index in [0.717, 1.165) is 22.1 Å². The molecule has 4 aromatic rings. The number of rotatable bonds is 5. The molecule has 0 saturated carbocycles. The highest BCUT2D eigenvalue weighted by Gasteiger charge is 2.32. The summed E-state index contributed by atoms with van der Waals surface area (Å²) < 4.78 is 11.7. The Hall–Kier alpha value is -3.57. The van der Waals surface area contributed by atoms with Gasteiger partial charge in [-0.3, -0.25) is 4.79 Å². The highest BCUT2D eigenvalue weighted by Crippen LogP contribution is 2.43. The molecule has 0 radical (unpaired) electrons. The highest BCUT2D eigenvalue weighted by molar-refractivity contribution is 5.89. The van der Waals surface area contributed by atoms with E-state index in [-0.39, 0.29) is 5.91 Å². The van der Waals surface area contributed by atoms with Gasteiger partial charge in [0.1, 0.15) is 28.9 Å². The summed E-state index contributed by atoms with van der Waals surface area (Å²) in [6.07, 6.45) is -0.426. The first kappa shape index (κ1) is 18.5. The zero-order chi connectivity index (χ0) is 20.5. The van der Waals surface area contributed by atoms with Crippen molar-refractivity contribution in [3.05, 3.63) is 95.7 Å². The number of nitrogens with one attached hydrogen (secondary N) is 1. The first-order valence-corrected chi connectivity index (χ1v) is 10.0. The van der Waals surface area contributed by atoms with E-state index in [1.165, 1.54) is 0 Å². The molecule has 1 aliphatic heterocycles. The second kappa shape index (κ2) is 7.69. The van der Waals surface area contributed by atoms with E-state index in [0.29, 0.717) is 30.2 Å². The Balaban J connectivity index is 1.30. The van der Waals surface area contributed by atoms with Crippen molar-refractivity contribution in [3.63, 3.8) is 0 Å². The van der Waals surface area contributed by atoms with Crippen LogP contribution in [0, 0.1) is 0 Å². The molecule has 0 fully saturated rings. The fourth-order valence-corrected chi connectivity index (χ4v) is 3.94. The predicted octanol–water partition coefficient (Wildman–Crippen LogP) is 4.91. The molecule has 5 rings (SSSR count). The van der Waals surface area contributed by atoms with Crippen molar-refractivity contribution >= 4 is 16.9 Å². The standard InChI is InChI=1S/C25H21NO4/c27-19(23-15-16-7-1-4-10-20(16)29-23)13-14-26-25(28)24-17-8-2-5-11-21(17)30-22-12-6-3-9-18(22)24/h1-12,15,19,24,27H,13-14H2,(H,26,28). The molecule has 0 bridgehead atoms. The molecular weight excluding hydrogens is 378 g/mol. The van der Waals surface area contributed by atoms with E-state index >= 15 is 0 Å². The van der Waals surface area contributed by atoms with Crippen molar-refractivity contribution in [2.24, 2.45) is 0 Å². The molecule has 5 heteroatoms. The Morgan fingerprint density at radius 2 is 1.57 bits per heavy atom. The first-order valence-electron chi connectivity index (χ1n) is 10.0. The van der Waals surface area contributed by atoms with Gasteiger partial charge >= 0.3 is 0 Å². The van der Waals surface area contributed by atoms with Crippen LogP contribution in [0.25, 0.3) is 11.0 Å². The van der Waals surface area contributed by atoms with Crippen LogP contribution in [0.4, 0.5) is 0 Å². The van der Waals surface area contributed by atoms with Crippen LogP contribution < -0.4 is 10.1 Å². The molecule has 1 aromatic heterocycles. The van der Waals surface area contributed by atoms with Crippen molar-refractivity contribution in [2.75, 3.05) is 6.54 Å². The Morgan fingerprint density at radius 1 is 0.933 bits per heavy atom. The maximum Gasteiger partial charge on any atom is 0.232 e. The number of para-hydroxylation sites is 3. The van der Waals surface area contributed by atoms with Crippen molar-refractivity contribution in [1.82, 2.24) is 5.32 Å². The van der Waals surface area contributed by atoms with Crippen LogP contribution in [0.5, 0.6) is 11.5 Å². The fourth-order valence-electron chi connectivity index (χ4n) is 3.94. The van der Waals surface area contributed by atoms with Crippen LogP contribution >= 0.6 is 0 Å². The molecule has 150 valence electrons. The molecule has 0 spiro atoms. The third-order valence-electron chi connectivity index (χ3n) is 5.43. The molecule has 2 N–H and O–H groups in total. The van der Waals surface area contributed by atoms with Crippen LogP contribution in [0.1, 0.15) is 35.3 Å². The van der Waals surface area contributed by atoms with Gasteiger partial charge in [-0.05, 0) is 30.7 Å². The molecule has 1 aliphatic rings. The summed E-state index contributed by atoms with van der Waals surface area (Å²) >= 11 is 0. The number of carbonyl (C=O) groups is 1. The zero-order valence-electron chi connectivity index (χ0n) is 16.2. The number of hydrogen-bond acceptors (Lipinski definition) is 4. The van der Waals surface area contributed by atoms with Gasteiger partial charge in [0.2, 0.25) is 5.91 Å². The third-order valence-corrected chi connectivity index (χ3v) is 5.43. The number of ether oxygens (including phenoxy) is 1. The number of benzene rings is 3. The fraction of sp³-hybridized carbons (Fsp3) is 0.160. The van der Waals surface area contributed by atoms with Crippen molar-refractivity contribution in [1.29, 1.82) is 0 Å². The smallest absolute Gasteiger partial charge is 0.232 e. The minimum Gasteiger partial charge on any atom is -0.458 e. The highest BCUT2D eigenvalue weighted by atomic mass is 16.5. The van der Waals surface area contributed by atoms with Gasteiger partial charge in [0, 0.05) is 23.1 Å². The van der Waals surface area contributed by atoms with Crippen molar-refractivity contribution < 1.29 is 19.1 Å². The maximum atomic E-state index is 13.1. The monoisotopic (exact) mass is 399 g/mol. The number of carbonyl (C=O) groups excluding carboxylic acids is 1. The van der Waals surface area contributed by atoms with Gasteiger partial charge in [0.25, 0.3) is 0 Å². The Bertz CT molecular complexity index is 1130. The number of aliphatic hydroxyl groups is 1. The topological polar surface area (TPSA) is 71.7 Å². The summed E-state index contributed by atoms with van der Waals surface area (Å²) in [7, 11) is 0. The van der Waals surface area contributed by atoms with Gasteiger partial charge in [-0.2, -0.15) is 0 Å². The van der Waals surface area contributed by atoms with Crippen molar-refractivity contribution in [3.8, 4) is 11.5 Å². The van der Waals surface area contributed by atoms with Gasteiger partial charge in [0.15, 0.2) is 0 Å². The molecule has 5 nitrogen and oxygen atoms in total. The normalized spacial score (nSPS) is 13.9. The van der Waals surface area contributed by atoms with Crippen LogP contribution in [0.15, 0.2) is 83.3 Å². The summed E-state index contributed by atoms with van der Waals surface area (Å²) in [5, 5.41) is 14.4. The van der Waals surface area contributed by atoms with E-state index < -0.39 is 12.0 Å². The second-order valence-electron chi connectivity index (χ2n) is 7.39. The van der Waals surface area contributed by atoms with Crippen molar-refractivity contribution in [2.45, 2.75) is 18.4 Å². The van der Waals surface area contributed by atoms with E-state index in [2.05, 4.69) is 5.32 Å². The van der Waals surface area contributed by atoms with Crippen LogP contribution in [0.3, 0.4) is 0 Å². The minimum atomic E-state index is -0.785. The number of amides is 1. The summed E-state index contributed by atoms with van der Waals surface area (Å²) in [5.74, 6) is 1.33. The van der Waals surface area contributed by atoms with E-state index in [4.69, 9.17) is 9.15 Å². The molecule has 1 atom stereocenters. The average molecular weight is 399 g/mol. The Morgan fingerprint density at radius 3 is 2.27 bits per heavy atom. The number of furan rings is 1. The SMILES string of the molecule is O=C(NCCC(O)c1cc2ccccc2o1)C1c2ccccc2Oc2ccccc21. The van der Waals surface area contributed by atoms with E-state index in [9.17, 15) is 9.90 Å². The lowest BCUT2D eigenvalue weighted by Crippen LogP contribution is -2.32.